The third kappa shape index (κ3) is 4.51. The van der Waals surface area contributed by atoms with Crippen molar-refractivity contribution in [2.75, 3.05) is 5.32 Å². The maximum Gasteiger partial charge on any atom is 0.412 e. The number of nitrogens with one attached hydrogen (secondary N) is 1. The molecule has 0 fully saturated rings. The molecule has 0 spiro atoms. The third-order valence-electron chi connectivity index (χ3n) is 3.62. The van der Waals surface area contributed by atoms with Gasteiger partial charge in [-0.05, 0) is 26.3 Å². The Morgan fingerprint density at radius 1 is 1.48 bits per heavy atom. The number of aryl methyl sites for hydroxylation is 1. The van der Waals surface area contributed by atoms with Crippen molar-refractivity contribution >= 4 is 29.0 Å². The SMILES string of the molecule is C=CC(=CCC)c1onc(C)c1NC(=O)OC(C)c1ccccc1Cl. The van der Waals surface area contributed by atoms with Gasteiger partial charge in [0.1, 0.15) is 17.5 Å². The predicted octanol–water partition coefficient (Wildman–Crippen LogP) is 5.93. The van der Waals surface area contributed by atoms with Crippen molar-refractivity contribution in [3.8, 4) is 0 Å². The number of nitrogens with zero attached hydrogens (tertiary/aromatic N) is 1. The second kappa shape index (κ2) is 8.53. The lowest BCUT2D eigenvalue weighted by molar-refractivity contribution is 0.121. The molecule has 1 atom stereocenters. The van der Waals surface area contributed by atoms with E-state index in [2.05, 4.69) is 17.1 Å². The summed E-state index contributed by atoms with van der Waals surface area (Å²) < 4.78 is 10.8. The van der Waals surface area contributed by atoms with Gasteiger partial charge in [-0.1, -0.05) is 60.6 Å². The number of hydrogen-bond donors (Lipinski definition) is 1. The number of ether oxygens (including phenoxy) is 1. The number of allylic oxidation sites excluding steroid dienone is 3. The highest BCUT2D eigenvalue weighted by Gasteiger charge is 2.20. The van der Waals surface area contributed by atoms with Gasteiger partial charge in [-0.3, -0.25) is 5.32 Å². The Hall–Kier alpha value is -2.53. The van der Waals surface area contributed by atoms with Gasteiger partial charge < -0.3 is 9.26 Å². The van der Waals surface area contributed by atoms with E-state index in [4.69, 9.17) is 20.9 Å². The van der Waals surface area contributed by atoms with E-state index in [-0.39, 0.29) is 0 Å². The monoisotopic (exact) mass is 360 g/mol. The summed E-state index contributed by atoms with van der Waals surface area (Å²) in [6.07, 6.45) is 3.29. The van der Waals surface area contributed by atoms with Gasteiger partial charge in [0.15, 0.2) is 5.76 Å². The first-order valence-electron chi connectivity index (χ1n) is 7.99. The van der Waals surface area contributed by atoms with Crippen molar-refractivity contribution in [3.05, 3.63) is 65.0 Å². The minimum atomic E-state index is -0.611. The molecular weight excluding hydrogens is 340 g/mol. The number of amides is 1. The molecule has 1 aromatic carbocycles. The van der Waals surface area contributed by atoms with Crippen molar-refractivity contribution in [1.29, 1.82) is 0 Å². The molecule has 132 valence electrons. The molecule has 5 nitrogen and oxygen atoms in total. The number of benzene rings is 1. The normalized spacial score (nSPS) is 12.6. The van der Waals surface area contributed by atoms with Crippen molar-refractivity contribution in [2.24, 2.45) is 0 Å². The lowest BCUT2D eigenvalue weighted by Crippen LogP contribution is -2.17. The van der Waals surface area contributed by atoms with Gasteiger partial charge in [0.05, 0.1) is 0 Å². The molecule has 0 saturated carbocycles. The first-order chi connectivity index (χ1) is 12.0. The Morgan fingerprint density at radius 2 is 2.20 bits per heavy atom. The van der Waals surface area contributed by atoms with Crippen LogP contribution in [0.4, 0.5) is 10.5 Å². The van der Waals surface area contributed by atoms with Crippen molar-refractivity contribution in [3.63, 3.8) is 0 Å². The third-order valence-corrected chi connectivity index (χ3v) is 3.97. The van der Waals surface area contributed by atoms with Crippen LogP contribution in [0.2, 0.25) is 5.02 Å². The molecule has 0 saturated heterocycles. The van der Waals surface area contributed by atoms with Crippen LogP contribution in [0.25, 0.3) is 5.57 Å². The van der Waals surface area contributed by atoms with Gasteiger partial charge in [-0.25, -0.2) is 4.79 Å². The van der Waals surface area contributed by atoms with E-state index in [1.807, 2.05) is 31.2 Å². The summed E-state index contributed by atoms with van der Waals surface area (Å²) >= 11 is 6.14. The van der Waals surface area contributed by atoms with Crippen LogP contribution in [-0.4, -0.2) is 11.2 Å². The fraction of sp³-hybridized carbons (Fsp3) is 0.263. The van der Waals surface area contributed by atoms with Crippen LogP contribution < -0.4 is 5.32 Å². The van der Waals surface area contributed by atoms with Crippen LogP contribution in [0.5, 0.6) is 0 Å². The Balaban J connectivity index is 2.16. The smallest absolute Gasteiger partial charge is 0.412 e. The number of hydrogen-bond acceptors (Lipinski definition) is 4. The molecule has 0 radical (unpaired) electrons. The van der Waals surface area contributed by atoms with E-state index in [0.717, 1.165) is 17.6 Å². The highest BCUT2D eigenvalue weighted by molar-refractivity contribution is 6.31. The van der Waals surface area contributed by atoms with E-state index in [9.17, 15) is 4.79 Å². The number of aromatic nitrogens is 1. The zero-order chi connectivity index (χ0) is 18.4. The zero-order valence-corrected chi connectivity index (χ0v) is 15.3. The number of carbonyl (C=O) groups is 1. The quantitative estimate of drug-likeness (QED) is 0.649. The standard InChI is InChI=1S/C19H21ClN2O3/c1-5-9-14(6-2)18-17(12(3)22-25-18)21-19(23)24-13(4)15-10-7-8-11-16(15)20/h6-11,13H,2,5H2,1,3-4H3,(H,21,23). The Kier molecular flexibility index (Phi) is 6.42. The second-order valence-electron chi connectivity index (χ2n) is 5.44. The van der Waals surface area contributed by atoms with Gasteiger partial charge in [0.25, 0.3) is 0 Å². The highest BCUT2D eigenvalue weighted by Crippen LogP contribution is 2.30. The topological polar surface area (TPSA) is 64.4 Å². The average molecular weight is 361 g/mol. The van der Waals surface area contributed by atoms with Crippen LogP contribution in [0.15, 0.2) is 47.5 Å². The molecule has 1 N–H and O–H groups in total. The van der Waals surface area contributed by atoms with E-state index >= 15 is 0 Å². The van der Waals surface area contributed by atoms with Crippen LogP contribution in [-0.2, 0) is 4.74 Å². The van der Waals surface area contributed by atoms with Crippen LogP contribution in [0.3, 0.4) is 0 Å². The fourth-order valence-corrected chi connectivity index (χ4v) is 2.65. The van der Waals surface area contributed by atoms with Crippen molar-refractivity contribution in [1.82, 2.24) is 5.16 Å². The maximum atomic E-state index is 12.3. The van der Waals surface area contributed by atoms with Crippen molar-refractivity contribution in [2.45, 2.75) is 33.3 Å². The molecule has 0 aliphatic rings. The van der Waals surface area contributed by atoms with E-state index in [1.54, 1.807) is 26.0 Å². The largest absolute Gasteiger partial charge is 0.441 e. The van der Waals surface area contributed by atoms with E-state index in [1.165, 1.54) is 0 Å². The summed E-state index contributed by atoms with van der Waals surface area (Å²) in [7, 11) is 0. The first-order valence-corrected chi connectivity index (χ1v) is 8.37. The molecule has 1 unspecified atom stereocenters. The summed E-state index contributed by atoms with van der Waals surface area (Å²) in [6, 6.07) is 7.23. The average Bonchev–Trinajstić information content (AvgIpc) is 2.93. The second-order valence-corrected chi connectivity index (χ2v) is 5.85. The van der Waals surface area contributed by atoms with Crippen LogP contribution >= 0.6 is 11.6 Å². The maximum absolute atomic E-state index is 12.3. The van der Waals surface area contributed by atoms with Gasteiger partial charge >= 0.3 is 6.09 Å². The lowest BCUT2D eigenvalue weighted by Gasteiger charge is -2.15. The Bertz CT molecular complexity index is 796. The summed E-state index contributed by atoms with van der Waals surface area (Å²) in [5.74, 6) is 0.455. The van der Waals surface area contributed by atoms with Crippen molar-refractivity contribution < 1.29 is 14.1 Å². The van der Waals surface area contributed by atoms with Crippen LogP contribution in [0, 0.1) is 6.92 Å². The minimum absolute atomic E-state index is 0.455. The molecule has 1 aromatic heterocycles. The lowest BCUT2D eigenvalue weighted by atomic mass is 10.1. The minimum Gasteiger partial charge on any atom is -0.441 e. The van der Waals surface area contributed by atoms with Gasteiger partial charge in [0.2, 0.25) is 0 Å². The van der Waals surface area contributed by atoms with E-state index < -0.39 is 12.2 Å². The fourth-order valence-electron chi connectivity index (χ4n) is 2.36. The van der Waals surface area contributed by atoms with E-state index in [0.29, 0.717) is 22.2 Å². The summed E-state index contributed by atoms with van der Waals surface area (Å²) in [5, 5.41) is 7.17. The number of rotatable bonds is 6. The first kappa shape index (κ1) is 18.8. The molecule has 2 aromatic rings. The molecule has 1 heterocycles. The molecular formula is C19H21ClN2O3. The molecule has 2 rings (SSSR count). The zero-order valence-electron chi connectivity index (χ0n) is 14.5. The predicted molar refractivity (Wildman–Crippen MR) is 99.7 cm³/mol. The Morgan fingerprint density at radius 3 is 2.84 bits per heavy atom. The molecule has 25 heavy (non-hydrogen) atoms. The number of halogens is 1. The summed E-state index contributed by atoms with van der Waals surface area (Å²) in [6.45, 7) is 9.27. The number of anilines is 1. The van der Waals surface area contributed by atoms with Gasteiger partial charge in [0, 0.05) is 16.2 Å². The molecule has 0 bridgehead atoms. The number of carbonyl (C=O) groups excluding carboxylic acids is 1. The summed E-state index contributed by atoms with van der Waals surface area (Å²) in [4.78, 5) is 12.3. The molecule has 6 heteroatoms. The highest BCUT2D eigenvalue weighted by atomic mass is 35.5. The molecule has 0 aliphatic heterocycles. The van der Waals surface area contributed by atoms with Crippen LogP contribution in [0.1, 0.15) is 43.4 Å². The molecule has 0 aliphatic carbocycles. The summed E-state index contributed by atoms with van der Waals surface area (Å²) in [5.41, 5.74) is 2.52. The molecule has 1 amide bonds. The van der Waals surface area contributed by atoms with Gasteiger partial charge in [-0.2, -0.15) is 0 Å². The van der Waals surface area contributed by atoms with Gasteiger partial charge in [-0.15, -0.1) is 0 Å². The Labute approximate surface area is 152 Å².